The van der Waals surface area contributed by atoms with E-state index in [-0.39, 0.29) is 13.0 Å². The molecule has 0 spiro atoms. The van der Waals surface area contributed by atoms with Gasteiger partial charge >= 0.3 is 23.9 Å². The van der Waals surface area contributed by atoms with Crippen molar-refractivity contribution in [3.05, 3.63) is 0 Å². The zero-order valence-corrected chi connectivity index (χ0v) is 16.9. The van der Waals surface area contributed by atoms with Gasteiger partial charge in [0.25, 0.3) is 0 Å². The molecule has 1 rings (SSSR count). The molecule has 1 aliphatic rings. The van der Waals surface area contributed by atoms with E-state index in [0.717, 1.165) is 13.8 Å². The van der Waals surface area contributed by atoms with Crippen LogP contribution in [0.25, 0.3) is 0 Å². The molecule has 10 nitrogen and oxygen atoms in total. The van der Waals surface area contributed by atoms with E-state index in [1.165, 1.54) is 25.6 Å². The maximum Gasteiger partial charge on any atom is 0.303 e. The number of thioether (sulfide) groups is 1. The Morgan fingerprint density at radius 1 is 0.893 bits per heavy atom. The molecule has 0 N–H and O–H groups in total. The van der Waals surface area contributed by atoms with Crippen LogP contribution in [0.15, 0.2) is 0 Å². The van der Waals surface area contributed by atoms with E-state index in [2.05, 4.69) is 0 Å². The number of carbonyl (C=O) groups excluding carboxylic acids is 4. The molecule has 1 aliphatic heterocycles. The molecule has 11 heteroatoms. The Bertz CT molecular complexity index is 633. The van der Waals surface area contributed by atoms with Crippen LogP contribution in [0.2, 0.25) is 0 Å². The number of rotatable bonds is 8. The lowest BCUT2D eigenvalue weighted by Gasteiger charge is -2.44. The predicted octanol–water partition coefficient (Wildman–Crippen LogP) is 0.716. The Balaban J connectivity index is 3.23. The first-order chi connectivity index (χ1) is 13.1. The van der Waals surface area contributed by atoms with E-state index in [9.17, 15) is 19.2 Å². The second kappa shape index (κ2) is 11.5. The van der Waals surface area contributed by atoms with Crippen molar-refractivity contribution in [1.29, 1.82) is 5.26 Å². The third-order valence-corrected chi connectivity index (χ3v) is 4.59. The van der Waals surface area contributed by atoms with Crippen molar-refractivity contribution in [3.8, 4) is 6.07 Å². The number of carbonyl (C=O) groups is 4. The molecule has 1 fully saturated rings. The van der Waals surface area contributed by atoms with Crippen LogP contribution in [0, 0.1) is 11.3 Å². The standard InChI is InChI=1S/C17H23NO9S/c1-9(19)23-8-13-14(24-10(2)20)15(25-11(3)21)16(26-12(4)22)17(27-13)28-7-5-6-18/h13-17H,5,7-8H2,1-4H3/t13-,14+,15+,16+,17+/m1/s1. The number of hydrogen-bond donors (Lipinski definition) is 0. The summed E-state index contributed by atoms with van der Waals surface area (Å²) in [5.41, 5.74) is -0.839. The van der Waals surface area contributed by atoms with Crippen molar-refractivity contribution in [2.75, 3.05) is 12.4 Å². The summed E-state index contributed by atoms with van der Waals surface area (Å²) >= 11 is 1.17. The summed E-state index contributed by atoms with van der Waals surface area (Å²) in [5.74, 6) is -2.25. The van der Waals surface area contributed by atoms with Gasteiger partial charge in [0, 0.05) is 39.9 Å². The van der Waals surface area contributed by atoms with Gasteiger partial charge in [-0.15, -0.1) is 11.8 Å². The van der Waals surface area contributed by atoms with Crippen molar-refractivity contribution >= 4 is 35.6 Å². The summed E-state index contributed by atoms with van der Waals surface area (Å²) in [6.45, 7) is 4.42. The fourth-order valence-electron chi connectivity index (χ4n) is 2.54. The molecule has 1 heterocycles. The molecule has 0 aromatic carbocycles. The van der Waals surface area contributed by atoms with Crippen LogP contribution in [-0.4, -0.2) is 66.1 Å². The average Bonchev–Trinajstić information content (AvgIpc) is 2.57. The van der Waals surface area contributed by atoms with Gasteiger partial charge in [-0.05, 0) is 0 Å². The van der Waals surface area contributed by atoms with Gasteiger partial charge in [0.2, 0.25) is 0 Å². The molecule has 28 heavy (non-hydrogen) atoms. The van der Waals surface area contributed by atoms with Gasteiger partial charge in [0.05, 0.1) is 6.07 Å². The normalized spacial score (nSPS) is 26.5. The second-order valence-electron chi connectivity index (χ2n) is 5.85. The lowest BCUT2D eigenvalue weighted by molar-refractivity contribution is -0.237. The Morgan fingerprint density at radius 3 is 1.93 bits per heavy atom. The molecule has 0 unspecified atom stereocenters. The lowest BCUT2D eigenvalue weighted by atomic mass is 9.99. The molecule has 0 aromatic heterocycles. The summed E-state index contributed by atoms with van der Waals surface area (Å²) in [6, 6.07) is 1.98. The zero-order valence-electron chi connectivity index (χ0n) is 16.0. The van der Waals surface area contributed by atoms with Crippen LogP contribution in [0.1, 0.15) is 34.1 Å². The predicted molar refractivity (Wildman–Crippen MR) is 94.6 cm³/mol. The maximum absolute atomic E-state index is 11.6. The van der Waals surface area contributed by atoms with E-state index in [1.54, 1.807) is 0 Å². The fourth-order valence-corrected chi connectivity index (χ4v) is 3.61. The minimum absolute atomic E-state index is 0.206. The summed E-state index contributed by atoms with van der Waals surface area (Å²) < 4.78 is 26.7. The number of ether oxygens (including phenoxy) is 5. The van der Waals surface area contributed by atoms with Crippen molar-refractivity contribution in [1.82, 2.24) is 0 Å². The highest BCUT2D eigenvalue weighted by Gasteiger charge is 2.52. The van der Waals surface area contributed by atoms with E-state index in [4.69, 9.17) is 28.9 Å². The molecular weight excluding hydrogens is 394 g/mol. The van der Waals surface area contributed by atoms with Crippen LogP contribution >= 0.6 is 11.8 Å². The van der Waals surface area contributed by atoms with Crippen LogP contribution in [0.4, 0.5) is 0 Å². The SMILES string of the molecule is CC(=O)OC[C@H]1O[C@@H](SCCC#N)[C@@H](OC(C)=O)[C@@H](OC(C)=O)[C@H]1OC(C)=O. The highest BCUT2D eigenvalue weighted by Crippen LogP contribution is 2.34. The molecule has 0 radical (unpaired) electrons. The maximum atomic E-state index is 11.6. The molecule has 5 atom stereocenters. The van der Waals surface area contributed by atoms with Gasteiger partial charge < -0.3 is 23.7 Å². The number of nitrogens with zero attached hydrogens (tertiary/aromatic N) is 1. The molecular formula is C17H23NO9S. The highest BCUT2D eigenvalue weighted by molar-refractivity contribution is 7.99. The molecule has 0 saturated carbocycles. The minimum atomic E-state index is -1.18. The second-order valence-corrected chi connectivity index (χ2v) is 7.05. The summed E-state index contributed by atoms with van der Waals surface area (Å²) in [5, 5.41) is 8.74. The van der Waals surface area contributed by atoms with Gasteiger partial charge in [-0.25, -0.2) is 0 Å². The zero-order chi connectivity index (χ0) is 21.3. The largest absolute Gasteiger partial charge is 0.463 e. The molecule has 0 aliphatic carbocycles. The molecule has 0 aromatic rings. The fraction of sp³-hybridized carbons (Fsp3) is 0.706. The van der Waals surface area contributed by atoms with Crippen LogP contribution in [-0.2, 0) is 42.9 Å². The Hall–Kier alpha value is -2.32. The Labute approximate surface area is 166 Å². The van der Waals surface area contributed by atoms with Crippen molar-refractivity contribution in [2.45, 2.75) is 64.0 Å². The smallest absolute Gasteiger partial charge is 0.303 e. The van der Waals surface area contributed by atoms with Crippen molar-refractivity contribution in [3.63, 3.8) is 0 Å². The third-order valence-electron chi connectivity index (χ3n) is 3.44. The number of esters is 4. The van der Waals surface area contributed by atoms with E-state index in [1.807, 2.05) is 6.07 Å². The summed E-state index contributed by atoms with van der Waals surface area (Å²) in [6.07, 6.45) is -4.21. The van der Waals surface area contributed by atoms with E-state index in [0.29, 0.717) is 5.75 Å². The first-order valence-corrected chi connectivity index (χ1v) is 9.49. The van der Waals surface area contributed by atoms with Gasteiger partial charge in [-0.3, -0.25) is 19.2 Å². The Morgan fingerprint density at radius 2 is 1.43 bits per heavy atom. The van der Waals surface area contributed by atoms with Crippen LogP contribution in [0.3, 0.4) is 0 Å². The molecule has 0 amide bonds. The topological polar surface area (TPSA) is 138 Å². The minimum Gasteiger partial charge on any atom is -0.463 e. The number of hydrogen-bond acceptors (Lipinski definition) is 11. The Kier molecular flexibility index (Phi) is 9.75. The summed E-state index contributed by atoms with van der Waals surface area (Å²) in [7, 11) is 0. The monoisotopic (exact) mass is 417 g/mol. The lowest BCUT2D eigenvalue weighted by Crippen LogP contribution is -2.61. The van der Waals surface area contributed by atoms with Gasteiger partial charge in [-0.2, -0.15) is 5.26 Å². The molecule has 0 bridgehead atoms. The third kappa shape index (κ3) is 7.74. The van der Waals surface area contributed by atoms with E-state index < -0.39 is 53.7 Å². The average molecular weight is 417 g/mol. The van der Waals surface area contributed by atoms with Crippen molar-refractivity contribution < 1.29 is 42.9 Å². The molecule has 1 saturated heterocycles. The van der Waals surface area contributed by atoms with Crippen LogP contribution < -0.4 is 0 Å². The van der Waals surface area contributed by atoms with E-state index >= 15 is 0 Å². The van der Waals surface area contributed by atoms with Crippen LogP contribution in [0.5, 0.6) is 0 Å². The molecule has 156 valence electrons. The summed E-state index contributed by atoms with van der Waals surface area (Å²) in [4.78, 5) is 46.0. The van der Waals surface area contributed by atoms with Gasteiger partial charge in [-0.1, -0.05) is 0 Å². The first kappa shape index (κ1) is 23.7. The highest BCUT2D eigenvalue weighted by atomic mass is 32.2. The number of nitriles is 1. The van der Waals surface area contributed by atoms with Gasteiger partial charge in [0.1, 0.15) is 18.1 Å². The quantitative estimate of drug-likeness (QED) is 0.313. The first-order valence-electron chi connectivity index (χ1n) is 8.44. The van der Waals surface area contributed by atoms with Crippen molar-refractivity contribution in [2.24, 2.45) is 0 Å². The van der Waals surface area contributed by atoms with Gasteiger partial charge in [0.15, 0.2) is 18.3 Å².